The van der Waals surface area contributed by atoms with Gasteiger partial charge >= 0.3 is 0 Å². The number of sulfonamides is 1. The lowest BCUT2D eigenvalue weighted by Crippen LogP contribution is -2.35. The van der Waals surface area contributed by atoms with Crippen LogP contribution in [0.1, 0.15) is 18.9 Å². The molecule has 1 aromatic carbocycles. The molecular weight excluding hydrogens is 312 g/mol. The largest absolute Gasteiger partial charge is 0.272 e. The summed E-state index contributed by atoms with van der Waals surface area (Å²) in [5.74, 6) is -2.01. The summed E-state index contributed by atoms with van der Waals surface area (Å²) >= 11 is 0. The van der Waals surface area contributed by atoms with Crippen molar-refractivity contribution in [3.63, 3.8) is 0 Å². The van der Waals surface area contributed by atoms with Gasteiger partial charge in [-0.25, -0.2) is 17.2 Å². The van der Waals surface area contributed by atoms with Crippen LogP contribution < -0.4 is 4.31 Å². The molecule has 1 aliphatic rings. The van der Waals surface area contributed by atoms with Gasteiger partial charge in [0.1, 0.15) is 4.90 Å². The van der Waals surface area contributed by atoms with Crippen LogP contribution in [0, 0.1) is 11.6 Å². The third-order valence-electron chi connectivity index (χ3n) is 3.72. The van der Waals surface area contributed by atoms with E-state index >= 15 is 0 Å². The number of benzene rings is 1. The molecule has 2 aromatic rings. The van der Waals surface area contributed by atoms with Gasteiger partial charge in [0.05, 0.1) is 11.9 Å². The first-order chi connectivity index (χ1) is 10.4. The van der Waals surface area contributed by atoms with Crippen LogP contribution in [0.2, 0.25) is 0 Å². The van der Waals surface area contributed by atoms with Crippen LogP contribution in [0.25, 0.3) is 0 Å². The van der Waals surface area contributed by atoms with Gasteiger partial charge in [-0.15, -0.1) is 0 Å². The van der Waals surface area contributed by atoms with E-state index in [-0.39, 0.29) is 17.1 Å². The van der Waals surface area contributed by atoms with Crippen LogP contribution in [0.15, 0.2) is 29.4 Å². The highest BCUT2D eigenvalue weighted by Gasteiger charge is 2.31. The molecule has 0 atom stereocenters. The maximum Gasteiger partial charge on any atom is 0.267 e. The quantitative estimate of drug-likeness (QED) is 0.869. The van der Waals surface area contributed by atoms with E-state index in [1.807, 2.05) is 6.92 Å². The molecule has 0 spiro atoms. The number of nitrogens with zero attached hydrogens (tertiary/aromatic N) is 3. The molecular formula is C14H15F2N3O2S. The van der Waals surface area contributed by atoms with Crippen molar-refractivity contribution in [2.45, 2.75) is 31.2 Å². The average Bonchev–Trinajstić information content (AvgIpc) is 2.97. The zero-order chi connectivity index (χ0) is 15.9. The van der Waals surface area contributed by atoms with Gasteiger partial charge in [-0.1, -0.05) is 0 Å². The number of hydrogen-bond donors (Lipinski definition) is 0. The van der Waals surface area contributed by atoms with Crippen molar-refractivity contribution < 1.29 is 17.2 Å². The van der Waals surface area contributed by atoms with E-state index in [4.69, 9.17) is 0 Å². The van der Waals surface area contributed by atoms with Gasteiger partial charge in [0, 0.05) is 25.4 Å². The van der Waals surface area contributed by atoms with E-state index in [9.17, 15) is 17.2 Å². The number of aromatic nitrogens is 2. The Hall–Kier alpha value is -1.96. The highest BCUT2D eigenvalue weighted by Crippen LogP contribution is 2.33. The Morgan fingerprint density at radius 1 is 1.27 bits per heavy atom. The summed E-state index contributed by atoms with van der Waals surface area (Å²) in [6.07, 6.45) is 3.78. The predicted molar refractivity (Wildman–Crippen MR) is 77.1 cm³/mol. The third-order valence-corrected chi connectivity index (χ3v) is 5.49. The minimum absolute atomic E-state index is 0.0481. The van der Waals surface area contributed by atoms with E-state index in [0.717, 1.165) is 16.4 Å². The van der Waals surface area contributed by atoms with Crippen LogP contribution in [0.5, 0.6) is 0 Å². The Labute approximate surface area is 127 Å². The summed E-state index contributed by atoms with van der Waals surface area (Å²) in [5, 5.41) is 3.96. The van der Waals surface area contributed by atoms with Crippen molar-refractivity contribution in [2.75, 3.05) is 10.8 Å². The Bertz CT molecular complexity index is 817. The minimum Gasteiger partial charge on any atom is -0.272 e. The molecule has 8 heteroatoms. The van der Waals surface area contributed by atoms with Crippen molar-refractivity contribution in [1.82, 2.24) is 9.78 Å². The zero-order valence-corrected chi connectivity index (χ0v) is 12.8. The van der Waals surface area contributed by atoms with Crippen molar-refractivity contribution in [3.05, 3.63) is 41.7 Å². The first kappa shape index (κ1) is 15.0. The fraction of sp³-hybridized carbons (Fsp3) is 0.357. The number of anilines is 1. The molecule has 0 saturated carbocycles. The van der Waals surface area contributed by atoms with Crippen LogP contribution in [-0.4, -0.2) is 24.7 Å². The number of fused-ring (bicyclic) bond motifs is 1. The first-order valence-electron chi connectivity index (χ1n) is 6.96. The fourth-order valence-electron chi connectivity index (χ4n) is 2.57. The second-order valence-electron chi connectivity index (χ2n) is 5.11. The lowest BCUT2D eigenvalue weighted by Gasteiger charge is -2.30. The summed E-state index contributed by atoms with van der Waals surface area (Å²) in [6.45, 7) is 2.63. The van der Waals surface area contributed by atoms with E-state index < -0.39 is 21.7 Å². The Balaban J connectivity index is 2.08. The molecule has 1 aliphatic heterocycles. The highest BCUT2D eigenvalue weighted by molar-refractivity contribution is 7.92. The molecule has 0 amide bonds. The molecule has 5 nitrogen and oxygen atoms in total. The minimum atomic E-state index is -3.83. The summed E-state index contributed by atoms with van der Waals surface area (Å²) in [5.41, 5.74) is 0.700. The second-order valence-corrected chi connectivity index (χ2v) is 6.97. The van der Waals surface area contributed by atoms with Crippen molar-refractivity contribution >= 4 is 15.7 Å². The summed E-state index contributed by atoms with van der Waals surface area (Å²) in [4.78, 5) is 0.0481. The Morgan fingerprint density at radius 2 is 2.00 bits per heavy atom. The monoisotopic (exact) mass is 327 g/mol. The lowest BCUT2D eigenvalue weighted by molar-refractivity contribution is 0.505. The second kappa shape index (κ2) is 5.35. The van der Waals surface area contributed by atoms with Crippen LogP contribution >= 0.6 is 0 Å². The standard InChI is InChI=1S/C14H15F2N3O2S/c1-2-18-9-11(8-17-18)22(20,21)19-5-3-4-10-6-12(15)13(16)7-14(10)19/h6-9H,2-5H2,1H3. The first-order valence-corrected chi connectivity index (χ1v) is 8.40. The van der Waals surface area contributed by atoms with Crippen LogP contribution in [0.4, 0.5) is 14.5 Å². The van der Waals surface area contributed by atoms with Crippen molar-refractivity contribution in [1.29, 1.82) is 0 Å². The van der Waals surface area contributed by atoms with Crippen molar-refractivity contribution in [2.24, 2.45) is 0 Å². The highest BCUT2D eigenvalue weighted by atomic mass is 32.2. The van der Waals surface area contributed by atoms with Crippen molar-refractivity contribution in [3.8, 4) is 0 Å². The van der Waals surface area contributed by atoms with E-state index in [1.165, 1.54) is 17.1 Å². The Kier molecular flexibility index (Phi) is 3.64. The average molecular weight is 327 g/mol. The van der Waals surface area contributed by atoms with Gasteiger partial charge in [-0.05, 0) is 31.4 Å². The normalized spacial score (nSPS) is 15.0. The molecule has 2 heterocycles. The van der Waals surface area contributed by atoms with Crippen LogP contribution in [-0.2, 0) is 23.0 Å². The maximum atomic E-state index is 13.5. The molecule has 1 aromatic heterocycles. The molecule has 0 N–H and O–H groups in total. The molecule has 0 saturated heterocycles. The van der Waals surface area contributed by atoms with E-state index in [1.54, 1.807) is 0 Å². The van der Waals surface area contributed by atoms with E-state index in [2.05, 4.69) is 5.10 Å². The molecule has 0 fully saturated rings. The summed E-state index contributed by atoms with van der Waals surface area (Å²) in [7, 11) is -3.83. The zero-order valence-electron chi connectivity index (χ0n) is 12.0. The number of rotatable bonds is 3. The van der Waals surface area contributed by atoms with E-state index in [0.29, 0.717) is 24.9 Å². The van der Waals surface area contributed by atoms with Gasteiger partial charge in [0.2, 0.25) is 0 Å². The van der Waals surface area contributed by atoms with Gasteiger partial charge < -0.3 is 0 Å². The lowest BCUT2D eigenvalue weighted by atomic mass is 10.0. The molecule has 118 valence electrons. The topological polar surface area (TPSA) is 55.2 Å². The molecule has 0 bridgehead atoms. The fourth-order valence-corrected chi connectivity index (χ4v) is 4.06. The third kappa shape index (κ3) is 2.37. The summed E-state index contributed by atoms with van der Waals surface area (Å²) in [6, 6.07) is 2.02. The van der Waals surface area contributed by atoms with Gasteiger partial charge in [0.25, 0.3) is 10.0 Å². The Morgan fingerprint density at radius 3 is 2.68 bits per heavy atom. The van der Waals surface area contributed by atoms with Gasteiger partial charge in [0.15, 0.2) is 11.6 Å². The number of halogens is 2. The van der Waals surface area contributed by atoms with Crippen LogP contribution in [0.3, 0.4) is 0 Å². The van der Waals surface area contributed by atoms with Gasteiger partial charge in [-0.2, -0.15) is 5.10 Å². The van der Waals surface area contributed by atoms with Gasteiger partial charge in [-0.3, -0.25) is 8.99 Å². The summed E-state index contributed by atoms with van der Waals surface area (Å²) < 4.78 is 55.0. The SMILES string of the molecule is CCn1cc(S(=O)(=O)N2CCCc3cc(F)c(F)cc32)cn1. The molecule has 0 unspecified atom stereocenters. The maximum absolute atomic E-state index is 13.5. The number of aryl methyl sites for hydroxylation is 2. The molecule has 0 radical (unpaired) electrons. The molecule has 22 heavy (non-hydrogen) atoms. The molecule has 3 rings (SSSR count). The smallest absolute Gasteiger partial charge is 0.267 e. The molecule has 0 aliphatic carbocycles. The number of hydrogen-bond acceptors (Lipinski definition) is 3. The predicted octanol–water partition coefficient (Wildman–Crippen LogP) is 2.32.